The number of aryl methyl sites for hydroxylation is 1. The third-order valence-electron chi connectivity index (χ3n) is 4.26. The number of hydrogen-bond donors (Lipinski definition) is 0. The number of nitrogens with zero attached hydrogens (tertiary/aromatic N) is 3. The molecule has 0 aromatic carbocycles. The van der Waals surface area contributed by atoms with Gasteiger partial charge in [0.2, 0.25) is 5.91 Å². The zero-order chi connectivity index (χ0) is 15.0. The summed E-state index contributed by atoms with van der Waals surface area (Å²) in [6, 6.07) is 6.20. The molecule has 1 fully saturated rings. The molecular formula is C17H23N3O. The van der Waals surface area contributed by atoms with Crippen molar-refractivity contribution in [3.8, 4) is 0 Å². The molecule has 4 heteroatoms. The first-order valence-corrected chi connectivity index (χ1v) is 7.77. The SMILES string of the molecule is Cc1nc([C@@H]2CCN(C(=O)CC(C)C)C2)c2ccccn12. The highest BCUT2D eigenvalue weighted by Gasteiger charge is 2.30. The van der Waals surface area contributed by atoms with E-state index in [0.717, 1.165) is 31.0 Å². The van der Waals surface area contributed by atoms with Crippen molar-refractivity contribution in [3.63, 3.8) is 0 Å². The van der Waals surface area contributed by atoms with Crippen LogP contribution in [0, 0.1) is 12.8 Å². The Balaban J connectivity index is 1.81. The van der Waals surface area contributed by atoms with Crippen molar-refractivity contribution in [2.45, 2.75) is 39.5 Å². The van der Waals surface area contributed by atoms with E-state index in [4.69, 9.17) is 4.98 Å². The number of carbonyl (C=O) groups is 1. The van der Waals surface area contributed by atoms with Crippen molar-refractivity contribution < 1.29 is 4.79 Å². The molecule has 0 saturated carbocycles. The van der Waals surface area contributed by atoms with Gasteiger partial charge in [-0.05, 0) is 31.4 Å². The summed E-state index contributed by atoms with van der Waals surface area (Å²) in [5, 5.41) is 0. The maximum atomic E-state index is 12.2. The number of pyridine rings is 1. The maximum Gasteiger partial charge on any atom is 0.222 e. The van der Waals surface area contributed by atoms with Crippen LogP contribution < -0.4 is 0 Å². The van der Waals surface area contributed by atoms with Crippen LogP contribution >= 0.6 is 0 Å². The van der Waals surface area contributed by atoms with Crippen LogP contribution in [0.2, 0.25) is 0 Å². The van der Waals surface area contributed by atoms with E-state index in [1.165, 1.54) is 5.52 Å². The number of carbonyl (C=O) groups excluding carboxylic acids is 1. The molecule has 0 N–H and O–H groups in total. The molecule has 1 atom stereocenters. The molecule has 21 heavy (non-hydrogen) atoms. The molecule has 0 unspecified atom stereocenters. The van der Waals surface area contributed by atoms with Crippen LogP contribution in [-0.2, 0) is 4.79 Å². The molecule has 0 radical (unpaired) electrons. The summed E-state index contributed by atoms with van der Waals surface area (Å²) in [6.07, 6.45) is 3.72. The number of rotatable bonds is 3. The molecule has 1 saturated heterocycles. The van der Waals surface area contributed by atoms with Crippen LogP contribution in [0.1, 0.15) is 44.1 Å². The minimum atomic E-state index is 0.285. The van der Waals surface area contributed by atoms with E-state index in [1.54, 1.807) is 0 Å². The summed E-state index contributed by atoms with van der Waals surface area (Å²) in [6.45, 7) is 7.90. The van der Waals surface area contributed by atoms with Gasteiger partial charge >= 0.3 is 0 Å². The largest absolute Gasteiger partial charge is 0.342 e. The van der Waals surface area contributed by atoms with Crippen LogP contribution in [-0.4, -0.2) is 33.3 Å². The lowest BCUT2D eigenvalue weighted by Crippen LogP contribution is -2.29. The first kappa shape index (κ1) is 14.1. The molecule has 2 aromatic heterocycles. The van der Waals surface area contributed by atoms with Crippen molar-refractivity contribution in [3.05, 3.63) is 35.9 Å². The van der Waals surface area contributed by atoms with E-state index < -0.39 is 0 Å². The Labute approximate surface area is 125 Å². The molecule has 0 aliphatic carbocycles. The van der Waals surface area contributed by atoms with Gasteiger partial charge in [0.25, 0.3) is 0 Å². The molecular weight excluding hydrogens is 262 g/mol. The van der Waals surface area contributed by atoms with E-state index in [1.807, 2.05) is 17.9 Å². The summed E-state index contributed by atoms with van der Waals surface area (Å²) >= 11 is 0. The number of amides is 1. The number of hydrogen-bond acceptors (Lipinski definition) is 2. The topological polar surface area (TPSA) is 37.6 Å². The first-order valence-electron chi connectivity index (χ1n) is 7.77. The molecule has 3 heterocycles. The minimum absolute atomic E-state index is 0.285. The third-order valence-corrected chi connectivity index (χ3v) is 4.26. The summed E-state index contributed by atoms with van der Waals surface area (Å²) in [5.74, 6) is 2.10. The van der Waals surface area contributed by atoms with Crippen molar-refractivity contribution in [2.24, 2.45) is 5.92 Å². The van der Waals surface area contributed by atoms with Crippen molar-refractivity contribution >= 4 is 11.4 Å². The van der Waals surface area contributed by atoms with Gasteiger partial charge in [-0.15, -0.1) is 0 Å². The average Bonchev–Trinajstić information content (AvgIpc) is 3.04. The van der Waals surface area contributed by atoms with E-state index in [0.29, 0.717) is 18.3 Å². The zero-order valence-electron chi connectivity index (χ0n) is 13.0. The van der Waals surface area contributed by atoms with Crippen molar-refractivity contribution in [1.82, 2.24) is 14.3 Å². The third kappa shape index (κ3) is 2.67. The summed E-state index contributed by atoms with van der Waals surface area (Å²) in [5.41, 5.74) is 2.33. The van der Waals surface area contributed by atoms with E-state index in [9.17, 15) is 4.79 Å². The molecule has 112 valence electrons. The first-order chi connectivity index (χ1) is 10.1. The fraction of sp³-hybridized carbons (Fsp3) is 0.529. The van der Waals surface area contributed by atoms with Gasteiger partial charge in [0, 0.05) is 31.6 Å². The Kier molecular flexibility index (Phi) is 3.70. The predicted octanol–water partition coefficient (Wildman–Crippen LogP) is 3.00. The predicted molar refractivity (Wildman–Crippen MR) is 83.3 cm³/mol. The van der Waals surface area contributed by atoms with Gasteiger partial charge < -0.3 is 9.30 Å². The molecule has 1 aliphatic heterocycles. The van der Waals surface area contributed by atoms with Gasteiger partial charge in [0.1, 0.15) is 5.82 Å². The second-order valence-electron chi connectivity index (χ2n) is 6.42. The molecule has 0 bridgehead atoms. The van der Waals surface area contributed by atoms with Gasteiger partial charge in [0.05, 0.1) is 11.2 Å². The maximum absolute atomic E-state index is 12.2. The molecule has 4 nitrogen and oxygen atoms in total. The molecule has 1 amide bonds. The summed E-state index contributed by atoms with van der Waals surface area (Å²) in [4.78, 5) is 19.0. The molecule has 2 aromatic rings. The number of fused-ring (bicyclic) bond motifs is 1. The Morgan fingerprint density at radius 1 is 1.43 bits per heavy atom. The van der Waals surface area contributed by atoms with Crippen LogP contribution in [0.4, 0.5) is 0 Å². The zero-order valence-corrected chi connectivity index (χ0v) is 13.0. The van der Waals surface area contributed by atoms with Crippen LogP contribution in [0.3, 0.4) is 0 Å². The van der Waals surface area contributed by atoms with Gasteiger partial charge in [0.15, 0.2) is 0 Å². The van der Waals surface area contributed by atoms with Gasteiger partial charge in [-0.2, -0.15) is 0 Å². The van der Waals surface area contributed by atoms with E-state index in [2.05, 4.69) is 36.6 Å². The normalized spacial score (nSPS) is 18.9. The van der Waals surface area contributed by atoms with Crippen LogP contribution in [0.5, 0.6) is 0 Å². The van der Waals surface area contributed by atoms with E-state index in [-0.39, 0.29) is 5.91 Å². The Hall–Kier alpha value is -1.84. The van der Waals surface area contributed by atoms with Gasteiger partial charge in [-0.3, -0.25) is 4.79 Å². The van der Waals surface area contributed by atoms with Crippen molar-refractivity contribution in [2.75, 3.05) is 13.1 Å². The molecule has 3 rings (SSSR count). The lowest BCUT2D eigenvalue weighted by molar-refractivity contribution is -0.130. The smallest absolute Gasteiger partial charge is 0.222 e. The lowest BCUT2D eigenvalue weighted by atomic mass is 10.0. The van der Waals surface area contributed by atoms with Crippen LogP contribution in [0.25, 0.3) is 5.52 Å². The highest BCUT2D eigenvalue weighted by Crippen LogP contribution is 2.30. The molecule has 0 spiro atoms. The monoisotopic (exact) mass is 285 g/mol. The Morgan fingerprint density at radius 3 is 3.00 bits per heavy atom. The Bertz CT molecular complexity index is 659. The van der Waals surface area contributed by atoms with E-state index >= 15 is 0 Å². The van der Waals surface area contributed by atoms with Crippen molar-refractivity contribution in [1.29, 1.82) is 0 Å². The quantitative estimate of drug-likeness (QED) is 0.869. The second kappa shape index (κ2) is 5.51. The number of aromatic nitrogens is 2. The summed E-state index contributed by atoms with van der Waals surface area (Å²) in [7, 11) is 0. The van der Waals surface area contributed by atoms with Gasteiger partial charge in [-0.25, -0.2) is 4.98 Å². The minimum Gasteiger partial charge on any atom is -0.342 e. The summed E-state index contributed by atoms with van der Waals surface area (Å²) < 4.78 is 2.13. The second-order valence-corrected chi connectivity index (χ2v) is 6.42. The highest BCUT2D eigenvalue weighted by atomic mass is 16.2. The fourth-order valence-electron chi connectivity index (χ4n) is 3.21. The fourth-order valence-corrected chi connectivity index (χ4v) is 3.21. The number of imidazole rings is 1. The molecule has 1 aliphatic rings. The average molecular weight is 285 g/mol. The lowest BCUT2D eigenvalue weighted by Gasteiger charge is -2.17. The number of likely N-dealkylation sites (tertiary alicyclic amines) is 1. The highest BCUT2D eigenvalue weighted by molar-refractivity contribution is 5.77. The Morgan fingerprint density at radius 2 is 2.24 bits per heavy atom. The van der Waals surface area contributed by atoms with Crippen LogP contribution in [0.15, 0.2) is 24.4 Å². The van der Waals surface area contributed by atoms with Gasteiger partial charge in [-0.1, -0.05) is 19.9 Å². The standard InChI is InChI=1S/C17H23N3O/c1-12(2)10-16(21)19-9-7-14(11-19)17-15-6-4-5-8-20(15)13(3)18-17/h4-6,8,12,14H,7,9-11H2,1-3H3/t14-/m1/s1.